The molecule has 5 nitrogen and oxygen atoms in total. The van der Waals surface area contributed by atoms with E-state index >= 15 is 0 Å². The van der Waals surface area contributed by atoms with E-state index in [1.54, 1.807) is 11.3 Å². The molecule has 0 unspecified atom stereocenters. The second-order valence-corrected chi connectivity index (χ2v) is 8.10. The molecule has 1 atom stereocenters. The molecule has 138 valence electrons. The number of carbonyl (C=O) groups excluding carboxylic acids is 2. The van der Waals surface area contributed by atoms with Crippen LogP contribution < -0.4 is 5.32 Å². The van der Waals surface area contributed by atoms with Gasteiger partial charge in [-0.15, -0.1) is 11.3 Å². The molecule has 2 heterocycles. The zero-order valence-electron chi connectivity index (χ0n) is 15.2. The summed E-state index contributed by atoms with van der Waals surface area (Å²) in [7, 11) is 0. The number of rotatable bonds is 5. The van der Waals surface area contributed by atoms with Crippen molar-refractivity contribution < 1.29 is 14.3 Å². The van der Waals surface area contributed by atoms with E-state index in [0.717, 1.165) is 50.6 Å². The quantitative estimate of drug-likeness (QED) is 0.811. The predicted molar refractivity (Wildman–Crippen MR) is 100 cm³/mol. The Morgan fingerprint density at radius 3 is 2.80 bits per heavy atom. The highest BCUT2D eigenvalue weighted by molar-refractivity contribution is 7.17. The summed E-state index contributed by atoms with van der Waals surface area (Å²) in [5.41, 5.74) is 1.69. The number of fused-ring (bicyclic) bond motifs is 1. The number of ether oxygens (including phenoxy) is 1. The van der Waals surface area contributed by atoms with Gasteiger partial charge in [0.15, 0.2) is 0 Å². The molecule has 6 heteroatoms. The molecule has 0 saturated carbocycles. The molecule has 0 radical (unpaired) electrons. The number of hydrogen-bond acceptors (Lipinski definition) is 5. The fourth-order valence-corrected chi connectivity index (χ4v) is 5.11. The largest absolute Gasteiger partial charge is 0.462 e. The zero-order valence-corrected chi connectivity index (χ0v) is 16.0. The topological polar surface area (TPSA) is 58.6 Å². The van der Waals surface area contributed by atoms with Crippen LogP contribution >= 0.6 is 11.3 Å². The van der Waals surface area contributed by atoms with Crippen LogP contribution in [0.25, 0.3) is 0 Å². The van der Waals surface area contributed by atoms with Crippen LogP contribution in [0.3, 0.4) is 0 Å². The van der Waals surface area contributed by atoms with Crippen molar-refractivity contribution in [1.29, 1.82) is 0 Å². The summed E-state index contributed by atoms with van der Waals surface area (Å²) in [5.74, 6) is -0.332. The minimum atomic E-state index is -0.302. The van der Waals surface area contributed by atoms with Gasteiger partial charge in [0.05, 0.1) is 18.7 Å². The van der Waals surface area contributed by atoms with E-state index in [1.807, 2.05) is 6.92 Å². The van der Waals surface area contributed by atoms with Crippen molar-refractivity contribution in [2.75, 3.05) is 25.0 Å². The summed E-state index contributed by atoms with van der Waals surface area (Å²) >= 11 is 1.56. The number of hydrogen-bond donors (Lipinski definition) is 1. The van der Waals surface area contributed by atoms with Gasteiger partial charge in [0, 0.05) is 10.9 Å². The van der Waals surface area contributed by atoms with Gasteiger partial charge >= 0.3 is 5.97 Å². The molecule has 1 saturated heterocycles. The number of nitrogens with one attached hydrogen (secondary N) is 1. The summed E-state index contributed by atoms with van der Waals surface area (Å²) < 4.78 is 5.25. The third-order valence-corrected chi connectivity index (χ3v) is 6.40. The van der Waals surface area contributed by atoms with Crippen molar-refractivity contribution in [2.45, 2.75) is 64.8 Å². The molecule has 25 heavy (non-hydrogen) atoms. The number of aryl methyl sites for hydroxylation is 1. The van der Waals surface area contributed by atoms with Crippen LogP contribution in [0.4, 0.5) is 5.00 Å². The number of amides is 1. The summed E-state index contributed by atoms with van der Waals surface area (Å²) in [6.07, 6.45) is 7.67. The van der Waals surface area contributed by atoms with Crippen molar-refractivity contribution in [3.63, 3.8) is 0 Å². The molecule has 2 aliphatic rings. The Morgan fingerprint density at radius 2 is 2.04 bits per heavy atom. The Morgan fingerprint density at radius 1 is 1.24 bits per heavy atom. The maximum absolute atomic E-state index is 12.6. The van der Waals surface area contributed by atoms with Gasteiger partial charge in [-0.3, -0.25) is 9.69 Å². The second-order valence-electron chi connectivity index (χ2n) is 7.00. The van der Waals surface area contributed by atoms with Crippen LogP contribution in [0.2, 0.25) is 0 Å². The Labute approximate surface area is 153 Å². The van der Waals surface area contributed by atoms with Crippen LogP contribution in [0, 0.1) is 0 Å². The number of thiophene rings is 1. The van der Waals surface area contributed by atoms with E-state index in [0.29, 0.717) is 29.8 Å². The van der Waals surface area contributed by atoms with Crippen LogP contribution in [0.1, 0.15) is 66.8 Å². The van der Waals surface area contributed by atoms with Gasteiger partial charge in [0.1, 0.15) is 5.00 Å². The van der Waals surface area contributed by atoms with Gasteiger partial charge in [0.25, 0.3) is 0 Å². The normalized spacial score (nSPS) is 20.8. The number of esters is 1. The van der Waals surface area contributed by atoms with Gasteiger partial charge in [-0.2, -0.15) is 0 Å². The highest BCUT2D eigenvalue weighted by Crippen LogP contribution is 2.38. The van der Waals surface area contributed by atoms with E-state index in [-0.39, 0.29) is 11.9 Å². The standard InChI is InChI=1S/C19H28N2O3S/c1-3-24-19(23)17-14-9-4-5-10-15(14)25-18(17)20-16(22)12-21-11-7-6-8-13(21)2/h13H,3-12H2,1-2H3,(H,20,22)/t13-/m0/s1. The molecule has 1 N–H and O–H groups in total. The molecule has 1 aliphatic carbocycles. The van der Waals surface area contributed by atoms with E-state index in [1.165, 1.54) is 11.3 Å². The molecule has 1 aromatic rings. The lowest BCUT2D eigenvalue weighted by Gasteiger charge is -2.32. The lowest BCUT2D eigenvalue weighted by molar-refractivity contribution is -0.118. The van der Waals surface area contributed by atoms with E-state index in [4.69, 9.17) is 4.74 Å². The predicted octanol–water partition coefficient (Wildman–Crippen LogP) is 3.62. The van der Waals surface area contributed by atoms with Crippen LogP contribution in [0.5, 0.6) is 0 Å². The van der Waals surface area contributed by atoms with Gasteiger partial charge < -0.3 is 10.1 Å². The van der Waals surface area contributed by atoms with Gasteiger partial charge in [-0.05, 0) is 64.5 Å². The fourth-order valence-electron chi connectivity index (χ4n) is 3.82. The smallest absolute Gasteiger partial charge is 0.341 e. The number of nitrogens with zero attached hydrogens (tertiary/aromatic N) is 1. The third kappa shape index (κ3) is 4.23. The monoisotopic (exact) mass is 364 g/mol. The van der Waals surface area contributed by atoms with E-state index in [9.17, 15) is 9.59 Å². The molecule has 1 amide bonds. The molecular formula is C19H28N2O3S. The van der Waals surface area contributed by atoms with Crippen molar-refractivity contribution in [1.82, 2.24) is 4.90 Å². The Bertz CT molecular complexity index is 641. The van der Waals surface area contributed by atoms with Crippen molar-refractivity contribution in [3.8, 4) is 0 Å². The molecule has 1 fully saturated rings. The van der Waals surface area contributed by atoms with Crippen LogP contribution in [-0.4, -0.2) is 42.5 Å². The highest BCUT2D eigenvalue weighted by atomic mass is 32.1. The third-order valence-electron chi connectivity index (χ3n) is 5.19. The molecule has 0 bridgehead atoms. The molecule has 3 rings (SSSR count). The first-order chi connectivity index (χ1) is 12.1. The highest BCUT2D eigenvalue weighted by Gasteiger charge is 2.28. The number of anilines is 1. The van der Waals surface area contributed by atoms with E-state index in [2.05, 4.69) is 17.1 Å². The van der Waals surface area contributed by atoms with Crippen molar-refractivity contribution in [3.05, 3.63) is 16.0 Å². The minimum absolute atomic E-state index is 0.0297. The van der Waals surface area contributed by atoms with Gasteiger partial charge in [-0.25, -0.2) is 4.79 Å². The Kier molecular flexibility index (Phi) is 6.12. The summed E-state index contributed by atoms with van der Waals surface area (Å²) in [6, 6.07) is 0.445. The first kappa shape index (κ1) is 18.4. The minimum Gasteiger partial charge on any atom is -0.462 e. The van der Waals surface area contributed by atoms with Crippen molar-refractivity contribution >= 4 is 28.2 Å². The molecule has 0 spiro atoms. The molecular weight excluding hydrogens is 336 g/mol. The van der Waals surface area contributed by atoms with Crippen molar-refractivity contribution in [2.24, 2.45) is 0 Å². The average molecular weight is 365 g/mol. The molecule has 1 aromatic heterocycles. The Balaban J connectivity index is 1.75. The summed E-state index contributed by atoms with van der Waals surface area (Å²) in [6.45, 7) is 5.71. The fraction of sp³-hybridized carbons (Fsp3) is 0.684. The van der Waals surface area contributed by atoms with Crippen LogP contribution in [-0.2, 0) is 22.4 Å². The molecule has 1 aliphatic heterocycles. The maximum atomic E-state index is 12.6. The second kappa shape index (κ2) is 8.32. The lowest BCUT2D eigenvalue weighted by atomic mass is 9.95. The number of likely N-dealkylation sites (tertiary alicyclic amines) is 1. The lowest BCUT2D eigenvalue weighted by Crippen LogP contribution is -2.42. The maximum Gasteiger partial charge on any atom is 0.341 e. The van der Waals surface area contributed by atoms with Gasteiger partial charge in [0.2, 0.25) is 5.91 Å². The Hall–Kier alpha value is -1.40. The first-order valence-electron chi connectivity index (χ1n) is 9.45. The first-order valence-corrected chi connectivity index (χ1v) is 10.3. The number of carbonyl (C=O) groups is 2. The van der Waals surface area contributed by atoms with E-state index < -0.39 is 0 Å². The molecule has 0 aromatic carbocycles. The SMILES string of the molecule is CCOC(=O)c1c(NC(=O)CN2CCCC[C@@H]2C)sc2c1CCCC2. The summed E-state index contributed by atoms with van der Waals surface area (Å²) in [5, 5.41) is 3.69. The summed E-state index contributed by atoms with van der Waals surface area (Å²) in [4.78, 5) is 28.5. The average Bonchev–Trinajstić information content (AvgIpc) is 2.95. The van der Waals surface area contributed by atoms with Gasteiger partial charge in [-0.1, -0.05) is 6.42 Å². The van der Waals surface area contributed by atoms with Crippen LogP contribution in [0.15, 0.2) is 0 Å². The zero-order chi connectivity index (χ0) is 17.8. The number of piperidine rings is 1.